The van der Waals surface area contributed by atoms with Gasteiger partial charge in [-0.25, -0.2) is 22.7 Å². The number of rotatable bonds is 5. The Morgan fingerprint density at radius 3 is 2.92 bits per heavy atom. The van der Waals surface area contributed by atoms with Crippen LogP contribution in [0, 0.1) is 0 Å². The van der Waals surface area contributed by atoms with Gasteiger partial charge in [-0.3, -0.25) is 0 Å². The number of nitrogens with zero attached hydrogens (tertiary/aromatic N) is 4. The molecule has 24 heavy (non-hydrogen) atoms. The van der Waals surface area contributed by atoms with Crippen molar-refractivity contribution >= 4 is 16.0 Å². The number of ether oxygens (including phenoxy) is 1. The number of aromatic nitrogens is 2. The van der Waals surface area contributed by atoms with E-state index >= 15 is 0 Å². The fourth-order valence-electron chi connectivity index (χ4n) is 3.44. The molecule has 1 atom stereocenters. The lowest BCUT2D eigenvalue weighted by molar-refractivity contribution is 0.0531. The van der Waals surface area contributed by atoms with Crippen molar-refractivity contribution in [3.63, 3.8) is 0 Å². The molecule has 3 rings (SSSR count). The molecule has 0 amide bonds. The van der Waals surface area contributed by atoms with Crippen LogP contribution in [0.15, 0.2) is 6.20 Å². The predicted octanol–water partition coefficient (Wildman–Crippen LogP) is 1.15. The lowest BCUT2D eigenvalue weighted by Crippen LogP contribution is -2.42. The van der Waals surface area contributed by atoms with Crippen LogP contribution in [0.25, 0.3) is 0 Å². The Morgan fingerprint density at radius 1 is 1.42 bits per heavy atom. The Labute approximate surface area is 144 Å². The number of anilines is 1. The first-order chi connectivity index (χ1) is 11.4. The highest BCUT2D eigenvalue weighted by molar-refractivity contribution is 7.89. The summed E-state index contributed by atoms with van der Waals surface area (Å²) in [6.07, 6.45) is 4.14. The molecule has 1 fully saturated rings. The maximum Gasteiger partial charge on any atom is 0.225 e. The lowest BCUT2D eigenvalue weighted by atomic mass is 9.81. The van der Waals surface area contributed by atoms with Gasteiger partial charge < -0.3 is 9.64 Å². The fraction of sp³-hybridized carbons (Fsp3) is 0.750. The van der Waals surface area contributed by atoms with E-state index in [-0.39, 0.29) is 11.2 Å². The first kappa shape index (κ1) is 17.6. The van der Waals surface area contributed by atoms with Crippen molar-refractivity contribution in [3.05, 3.63) is 17.5 Å². The van der Waals surface area contributed by atoms with Crippen LogP contribution in [-0.2, 0) is 26.8 Å². The second kappa shape index (κ2) is 6.57. The molecule has 8 heteroatoms. The Morgan fingerprint density at radius 2 is 2.21 bits per heavy atom. The Balaban J connectivity index is 1.90. The van der Waals surface area contributed by atoms with Gasteiger partial charge in [-0.05, 0) is 12.8 Å². The topological polar surface area (TPSA) is 75.6 Å². The van der Waals surface area contributed by atoms with Gasteiger partial charge in [-0.15, -0.1) is 0 Å². The van der Waals surface area contributed by atoms with Crippen molar-refractivity contribution in [1.29, 1.82) is 0 Å². The summed E-state index contributed by atoms with van der Waals surface area (Å²) in [5, 5.41) is 0. The van der Waals surface area contributed by atoms with Gasteiger partial charge >= 0.3 is 0 Å². The van der Waals surface area contributed by atoms with Gasteiger partial charge in [-0.2, -0.15) is 0 Å². The summed E-state index contributed by atoms with van der Waals surface area (Å²) in [7, 11) is 0.611. The summed E-state index contributed by atoms with van der Waals surface area (Å²) in [4.78, 5) is 11.0. The maximum atomic E-state index is 12.5. The van der Waals surface area contributed by atoms with Crippen LogP contribution in [-0.4, -0.2) is 62.2 Å². The van der Waals surface area contributed by atoms with Gasteiger partial charge in [0.2, 0.25) is 16.0 Å². The van der Waals surface area contributed by atoms with E-state index in [0.29, 0.717) is 38.7 Å². The van der Waals surface area contributed by atoms with Crippen molar-refractivity contribution in [2.24, 2.45) is 0 Å². The molecule has 1 spiro atoms. The van der Waals surface area contributed by atoms with Crippen LogP contribution >= 0.6 is 0 Å². The number of hydrogen-bond donors (Lipinski definition) is 0. The average molecular weight is 354 g/mol. The molecule has 1 aromatic rings. The fourth-order valence-corrected chi connectivity index (χ4v) is 5.17. The minimum Gasteiger partial charge on any atom is -0.376 e. The van der Waals surface area contributed by atoms with Crippen molar-refractivity contribution in [2.45, 2.75) is 38.2 Å². The summed E-state index contributed by atoms with van der Waals surface area (Å²) in [5.41, 5.74) is 1.58. The highest BCUT2D eigenvalue weighted by Gasteiger charge is 2.47. The zero-order valence-electron chi connectivity index (χ0n) is 14.7. The molecule has 134 valence electrons. The van der Waals surface area contributed by atoms with E-state index in [2.05, 4.69) is 4.98 Å². The van der Waals surface area contributed by atoms with E-state index in [9.17, 15) is 8.42 Å². The third-order valence-electron chi connectivity index (χ3n) is 4.86. The molecule has 1 unspecified atom stereocenters. The van der Waals surface area contributed by atoms with E-state index in [1.54, 1.807) is 4.31 Å². The third-order valence-corrected chi connectivity index (χ3v) is 6.76. The minimum absolute atomic E-state index is 0.222. The highest BCUT2D eigenvalue weighted by atomic mass is 32.2. The van der Waals surface area contributed by atoms with Gasteiger partial charge in [0.15, 0.2) is 0 Å². The number of hydrogen-bond acceptors (Lipinski definition) is 6. The molecular weight excluding hydrogens is 328 g/mol. The smallest absolute Gasteiger partial charge is 0.225 e. The first-order valence-corrected chi connectivity index (χ1v) is 10.1. The van der Waals surface area contributed by atoms with E-state index in [0.717, 1.165) is 24.1 Å². The standard InChI is InChI=1S/C16H26N4O3S/c1-4-5-8-24(21,22)20-7-6-16(11-20)12-23-10-13-9-17-15(19(2)3)18-14(13)16/h9H,4-8,10-12H2,1-3H3. The number of sulfonamides is 1. The van der Waals surface area contributed by atoms with Gasteiger partial charge in [0, 0.05) is 38.9 Å². The molecule has 0 saturated carbocycles. The molecular formula is C16H26N4O3S. The van der Waals surface area contributed by atoms with E-state index in [4.69, 9.17) is 9.72 Å². The largest absolute Gasteiger partial charge is 0.376 e. The van der Waals surface area contributed by atoms with Crippen LogP contribution in [0.4, 0.5) is 5.95 Å². The van der Waals surface area contributed by atoms with Crippen LogP contribution in [0.2, 0.25) is 0 Å². The predicted molar refractivity (Wildman–Crippen MR) is 92.6 cm³/mol. The van der Waals surface area contributed by atoms with E-state index in [1.807, 2.05) is 32.1 Å². The molecule has 3 heterocycles. The van der Waals surface area contributed by atoms with Crippen molar-refractivity contribution in [1.82, 2.24) is 14.3 Å². The van der Waals surface area contributed by atoms with E-state index in [1.165, 1.54) is 0 Å². The average Bonchev–Trinajstić information content (AvgIpc) is 2.99. The molecule has 0 aliphatic carbocycles. The molecule has 2 aliphatic heterocycles. The SMILES string of the molecule is CCCCS(=O)(=O)N1CCC2(COCc3cnc(N(C)C)nc32)C1. The minimum atomic E-state index is -3.20. The highest BCUT2D eigenvalue weighted by Crippen LogP contribution is 2.40. The summed E-state index contributed by atoms with van der Waals surface area (Å²) in [6.45, 7) is 4.01. The second-order valence-electron chi connectivity index (χ2n) is 6.96. The number of fused-ring (bicyclic) bond motifs is 2. The maximum absolute atomic E-state index is 12.5. The monoisotopic (exact) mass is 354 g/mol. The molecule has 0 bridgehead atoms. The molecule has 2 aliphatic rings. The summed E-state index contributed by atoms with van der Waals surface area (Å²) < 4.78 is 32.5. The summed E-state index contributed by atoms with van der Waals surface area (Å²) in [5.74, 6) is 0.877. The van der Waals surface area contributed by atoms with Gasteiger partial charge in [0.25, 0.3) is 0 Å². The Bertz CT molecular complexity index is 707. The quantitative estimate of drug-likeness (QED) is 0.789. The Hall–Kier alpha value is -1.25. The van der Waals surface area contributed by atoms with Crippen molar-refractivity contribution in [2.75, 3.05) is 44.4 Å². The molecule has 0 N–H and O–H groups in total. The molecule has 1 aromatic heterocycles. The van der Waals surface area contributed by atoms with Crippen LogP contribution in [0.1, 0.15) is 37.4 Å². The third kappa shape index (κ3) is 3.14. The molecule has 7 nitrogen and oxygen atoms in total. The molecule has 0 radical (unpaired) electrons. The van der Waals surface area contributed by atoms with Crippen LogP contribution in [0.3, 0.4) is 0 Å². The van der Waals surface area contributed by atoms with Gasteiger partial charge in [0.1, 0.15) is 0 Å². The molecule has 1 saturated heterocycles. The van der Waals surface area contributed by atoms with Crippen LogP contribution in [0.5, 0.6) is 0 Å². The van der Waals surface area contributed by atoms with Gasteiger partial charge in [-0.1, -0.05) is 13.3 Å². The second-order valence-corrected chi connectivity index (χ2v) is 9.05. The van der Waals surface area contributed by atoms with Crippen LogP contribution < -0.4 is 4.90 Å². The van der Waals surface area contributed by atoms with E-state index < -0.39 is 10.0 Å². The Kier molecular flexibility index (Phi) is 4.81. The van der Waals surface area contributed by atoms with Crippen molar-refractivity contribution < 1.29 is 13.2 Å². The van der Waals surface area contributed by atoms with Gasteiger partial charge in [0.05, 0.1) is 30.1 Å². The zero-order valence-corrected chi connectivity index (χ0v) is 15.5. The number of unbranched alkanes of at least 4 members (excludes halogenated alkanes) is 1. The molecule has 0 aromatic carbocycles. The lowest BCUT2D eigenvalue weighted by Gasteiger charge is -2.34. The summed E-state index contributed by atoms with van der Waals surface area (Å²) in [6, 6.07) is 0. The summed E-state index contributed by atoms with van der Waals surface area (Å²) >= 11 is 0. The first-order valence-electron chi connectivity index (χ1n) is 8.47. The normalized spacial score (nSPS) is 24.3. The van der Waals surface area contributed by atoms with Crippen molar-refractivity contribution in [3.8, 4) is 0 Å². The zero-order chi connectivity index (χ0) is 17.4.